The Kier molecular flexibility index (Phi) is 10.5. The number of benzene rings is 2. The molecule has 0 saturated carbocycles. The first kappa shape index (κ1) is 31.0. The van der Waals surface area contributed by atoms with Gasteiger partial charge in [-0.3, -0.25) is 14.6 Å². The van der Waals surface area contributed by atoms with Crippen molar-refractivity contribution in [1.82, 2.24) is 14.7 Å². The molecule has 5 nitrogen and oxygen atoms in total. The van der Waals surface area contributed by atoms with Crippen LogP contribution < -0.4 is 4.74 Å². The number of carbonyl (C=O) groups is 1. The van der Waals surface area contributed by atoms with E-state index in [4.69, 9.17) is 4.74 Å². The molecule has 39 heavy (non-hydrogen) atoms. The van der Waals surface area contributed by atoms with E-state index in [2.05, 4.69) is 70.4 Å². The van der Waals surface area contributed by atoms with Gasteiger partial charge in [-0.2, -0.15) is 13.2 Å². The standard InChI is InChI=1S/C31H44F3N3O2/c1-21(2)37(22(3)4)15-8-20-39-29-14-13-28(23(5)24(29)6)25(7)35-16-18-36(19-17-35)30(38)26-9-11-27(12-10-26)31(32,33)34/h9-14,21-22,25H,8,15-20H2,1-7H3. The number of hydrogen-bond donors (Lipinski definition) is 0. The van der Waals surface area contributed by atoms with Crippen LogP contribution in [0, 0.1) is 13.8 Å². The molecule has 2 aromatic rings. The summed E-state index contributed by atoms with van der Waals surface area (Å²) in [4.78, 5) is 19.4. The summed E-state index contributed by atoms with van der Waals surface area (Å²) < 4.78 is 44.7. The molecule has 1 saturated heterocycles. The molecule has 0 bridgehead atoms. The average molecular weight is 548 g/mol. The molecule has 1 atom stereocenters. The summed E-state index contributed by atoms with van der Waals surface area (Å²) in [6.45, 7) is 19.5. The Hall–Kier alpha value is -2.58. The van der Waals surface area contributed by atoms with Gasteiger partial charge in [0.1, 0.15) is 5.75 Å². The molecule has 1 unspecified atom stereocenters. The minimum atomic E-state index is -4.41. The molecule has 3 rings (SSSR count). The third-order valence-electron chi connectivity index (χ3n) is 7.98. The molecule has 0 radical (unpaired) electrons. The van der Waals surface area contributed by atoms with E-state index < -0.39 is 11.7 Å². The summed E-state index contributed by atoms with van der Waals surface area (Å²) in [7, 11) is 0. The number of alkyl halides is 3. The van der Waals surface area contributed by atoms with Crippen molar-refractivity contribution in [3.8, 4) is 5.75 Å². The molecule has 0 N–H and O–H groups in total. The van der Waals surface area contributed by atoms with Crippen molar-refractivity contribution < 1.29 is 22.7 Å². The topological polar surface area (TPSA) is 36.0 Å². The normalized spacial score (nSPS) is 15.9. The maximum Gasteiger partial charge on any atom is 0.416 e. The van der Waals surface area contributed by atoms with Crippen molar-refractivity contribution in [3.05, 3.63) is 64.2 Å². The van der Waals surface area contributed by atoms with Crippen molar-refractivity contribution in [1.29, 1.82) is 0 Å². The zero-order valence-corrected chi connectivity index (χ0v) is 24.4. The first-order valence-corrected chi connectivity index (χ1v) is 14.0. The molecule has 8 heteroatoms. The number of piperazine rings is 1. The maximum atomic E-state index is 12.9. The average Bonchev–Trinajstić information content (AvgIpc) is 2.89. The van der Waals surface area contributed by atoms with Crippen molar-refractivity contribution in [2.45, 2.75) is 79.2 Å². The predicted molar refractivity (Wildman–Crippen MR) is 150 cm³/mol. The van der Waals surface area contributed by atoms with E-state index in [9.17, 15) is 18.0 Å². The Morgan fingerprint density at radius 3 is 2.03 bits per heavy atom. The van der Waals surface area contributed by atoms with Gasteiger partial charge in [-0.05, 0) is 102 Å². The van der Waals surface area contributed by atoms with Crippen LogP contribution in [0.4, 0.5) is 13.2 Å². The lowest BCUT2D eigenvalue weighted by molar-refractivity contribution is -0.137. The number of hydrogen-bond acceptors (Lipinski definition) is 4. The molecule has 1 heterocycles. The van der Waals surface area contributed by atoms with Gasteiger partial charge in [-0.15, -0.1) is 0 Å². The number of ether oxygens (including phenoxy) is 1. The van der Waals surface area contributed by atoms with E-state index in [1.54, 1.807) is 4.90 Å². The van der Waals surface area contributed by atoms with Gasteiger partial charge < -0.3 is 9.64 Å². The first-order chi connectivity index (χ1) is 18.3. The van der Waals surface area contributed by atoms with Crippen LogP contribution in [0.3, 0.4) is 0 Å². The van der Waals surface area contributed by atoms with Crippen LogP contribution >= 0.6 is 0 Å². The first-order valence-electron chi connectivity index (χ1n) is 14.0. The molecule has 2 aromatic carbocycles. The van der Waals surface area contributed by atoms with Gasteiger partial charge in [0.05, 0.1) is 12.2 Å². The zero-order chi connectivity index (χ0) is 28.9. The fourth-order valence-corrected chi connectivity index (χ4v) is 5.46. The summed E-state index contributed by atoms with van der Waals surface area (Å²) in [5.41, 5.74) is 3.15. The van der Waals surface area contributed by atoms with Crippen LogP contribution in [0.15, 0.2) is 36.4 Å². The van der Waals surface area contributed by atoms with E-state index >= 15 is 0 Å². The highest BCUT2D eigenvalue weighted by atomic mass is 19.4. The molecular weight excluding hydrogens is 503 g/mol. The number of rotatable bonds is 10. The molecule has 0 spiro atoms. The molecule has 1 aliphatic heterocycles. The molecule has 216 valence electrons. The zero-order valence-electron chi connectivity index (χ0n) is 24.4. The van der Waals surface area contributed by atoms with E-state index in [1.165, 1.54) is 23.3 Å². The fourth-order valence-electron chi connectivity index (χ4n) is 5.46. The van der Waals surface area contributed by atoms with Crippen LogP contribution in [0.1, 0.15) is 79.7 Å². The van der Waals surface area contributed by atoms with Gasteiger partial charge in [0.2, 0.25) is 0 Å². The molecule has 0 aromatic heterocycles. The highest BCUT2D eigenvalue weighted by Crippen LogP contribution is 2.32. The molecule has 0 aliphatic carbocycles. The van der Waals surface area contributed by atoms with Crippen molar-refractivity contribution >= 4 is 5.91 Å². The second kappa shape index (κ2) is 13.2. The minimum Gasteiger partial charge on any atom is -0.493 e. The Morgan fingerprint density at radius 1 is 0.897 bits per heavy atom. The number of halogens is 3. The second-order valence-corrected chi connectivity index (χ2v) is 11.1. The van der Waals surface area contributed by atoms with Gasteiger partial charge in [-0.1, -0.05) is 6.07 Å². The van der Waals surface area contributed by atoms with Crippen molar-refractivity contribution in [2.24, 2.45) is 0 Å². The Labute approximate surface area is 231 Å². The summed E-state index contributed by atoms with van der Waals surface area (Å²) >= 11 is 0. The quantitative estimate of drug-likeness (QED) is 0.309. The van der Waals surface area contributed by atoms with Gasteiger partial charge in [0, 0.05) is 56.4 Å². The fraction of sp³-hybridized carbons (Fsp3) is 0.581. The molecule has 1 amide bonds. The van der Waals surface area contributed by atoms with Gasteiger partial charge in [0.15, 0.2) is 0 Å². The molecule has 1 fully saturated rings. The van der Waals surface area contributed by atoms with Crippen LogP contribution in [0.2, 0.25) is 0 Å². The van der Waals surface area contributed by atoms with E-state index in [0.29, 0.717) is 44.9 Å². The van der Waals surface area contributed by atoms with Crippen LogP contribution in [-0.4, -0.2) is 72.0 Å². The SMILES string of the molecule is Cc1c(OCCCN(C(C)C)C(C)C)ccc(C(C)N2CCN(C(=O)c3ccc(C(F)(F)F)cc3)CC2)c1C. The number of carbonyl (C=O) groups excluding carboxylic acids is 1. The largest absolute Gasteiger partial charge is 0.493 e. The highest BCUT2D eigenvalue weighted by molar-refractivity contribution is 5.94. The highest BCUT2D eigenvalue weighted by Gasteiger charge is 2.31. The third-order valence-corrected chi connectivity index (χ3v) is 7.98. The lowest BCUT2D eigenvalue weighted by Gasteiger charge is -2.39. The monoisotopic (exact) mass is 547 g/mol. The summed E-state index contributed by atoms with van der Waals surface area (Å²) in [6.07, 6.45) is -3.44. The summed E-state index contributed by atoms with van der Waals surface area (Å²) in [6, 6.07) is 9.89. The van der Waals surface area contributed by atoms with Crippen molar-refractivity contribution in [2.75, 3.05) is 39.3 Å². The minimum absolute atomic E-state index is 0.173. The number of amides is 1. The van der Waals surface area contributed by atoms with E-state index in [-0.39, 0.29) is 17.5 Å². The second-order valence-electron chi connectivity index (χ2n) is 11.1. The Balaban J connectivity index is 1.55. The van der Waals surface area contributed by atoms with Gasteiger partial charge in [-0.25, -0.2) is 0 Å². The number of nitrogens with zero attached hydrogens (tertiary/aromatic N) is 3. The Bertz CT molecular complexity index is 1080. The summed E-state index contributed by atoms with van der Waals surface area (Å²) in [5, 5.41) is 0. The molecular formula is C31H44F3N3O2. The maximum absolute atomic E-state index is 12.9. The third kappa shape index (κ3) is 7.76. The van der Waals surface area contributed by atoms with Crippen LogP contribution in [0.5, 0.6) is 5.75 Å². The van der Waals surface area contributed by atoms with Crippen LogP contribution in [0.25, 0.3) is 0 Å². The van der Waals surface area contributed by atoms with Crippen LogP contribution in [-0.2, 0) is 6.18 Å². The van der Waals surface area contributed by atoms with Gasteiger partial charge >= 0.3 is 6.18 Å². The van der Waals surface area contributed by atoms with Crippen molar-refractivity contribution in [3.63, 3.8) is 0 Å². The lowest BCUT2D eigenvalue weighted by atomic mass is 9.96. The Morgan fingerprint density at radius 2 is 1.49 bits per heavy atom. The van der Waals surface area contributed by atoms with E-state index in [1.807, 2.05) is 0 Å². The predicted octanol–water partition coefficient (Wildman–Crippen LogP) is 6.73. The van der Waals surface area contributed by atoms with Gasteiger partial charge in [0.25, 0.3) is 5.91 Å². The summed E-state index contributed by atoms with van der Waals surface area (Å²) in [5.74, 6) is 0.700. The smallest absolute Gasteiger partial charge is 0.416 e. The lowest BCUT2D eigenvalue weighted by Crippen LogP contribution is -2.49. The van der Waals surface area contributed by atoms with E-state index in [0.717, 1.165) is 36.4 Å². The molecule has 1 aliphatic rings.